The molecule has 0 radical (unpaired) electrons. The summed E-state index contributed by atoms with van der Waals surface area (Å²) in [7, 11) is 1.57. The monoisotopic (exact) mass is 234 g/mol. The summed E-state index contributed by atoms with van der Waals surface area (Å²) in [6.45, 7) is 0. The van der Waals surface area contributed by atoms with Crippen molar-refractivity contribution in [1.82, 2.24) is 0 Å². The van der Waals surface area contributed by atoms with Crippen LogP contribution in [0.5, 0.6) is 11.5 Å². The van der Waals surface area contributed by atoms with Gasteiger partial charge in [0.05, 0.1) is 12.1 Å². The zero-order valence-electron chi connectivity index (χ0n) is 8.77. The first kappa shape index (κ1) is 10.8. The minimum atomic E-state index is 0.242. The molecule has 0 spiro atoms. The third-order valence-corrected chi connectivity index (χ3v) is 2.68. The Bertz CT molecular complexity index is 509. The number of aromatic hydroxyl groups is 1. The van der Waals surface area contributed by atoms with E-state index in [1.54, 1.807) is 31.4 Å². The van der Waals surface area contributed by atoms with Gasteiger partial charge in [-0.15, -0.1) is 0 Å². The molecular formula is C13H11ClO2. The highest BCUT2D eigenvalue weighted by Gasteiger charge is 2.06. The van der Waals surface area contributed by atoms with Gasteiger partial charge in [-0.2, -0.15) is 0 Å². The number of para-hydroxylation sites is 1. The average molecular weight is 235 g/mol. The quantitative estimate of drug-likeness (QED) is 0.858. The zero-order chi connectivity index (χ0) is 11.5. The predicted molar refractivity (Wildman–Crippen MR) is 65.1 cm³/mol. The standard InChI is InChI=1S/C13H11ClO2/c1-16-13-8-9(6-7-11(13)14)10-4-2-3-5-12(10)15/h2-8,15H,1H3. The van der Waals surface area contributed by atoms with Crippen molar-refractivity contribution in [3.05, 3.63) is 47.5 Å². The Morgan fingerprint density at radius 2 is 1.88 bits per heavy atom. The van der Waals surface area contributed by atoms with Crippen molar-refractivity contribution in [3.63, 3.8) is 0 Å². The molecule has 0 aromatic heterocycles. The number of rotatable bonds is 2. The van der Waals surface area contributed by atoms with Crippen LogP contribution in [-0.4, -0.2) is 12.2 Å². The lowest BCUT2D eigenvalue weighted by atomic mass is 10.0. The molecule has 2 rings (SSSR count). The first-order valence-corrected chi connectivity index (χ1v) is 5.22. The Kier molecular flexibility index (Phi) is 3.02. The topological polar surface area (TPSA) is 29.5 Å². The van der Waals surface area contributed by atoms with E-state index in [-0.39, 0.29) is 5.75 Å². The molecule has 0 saturated carbocycles. The lowest BCUT2D eigenvalue weighted by Crippen LogP contribution is -1.85. The van der Waals surface area contributed by atoms with Crippen molar-refractivity contribution in [2.24, 2.45) is 0 Å². The summed E-state index contributed by atoms with van der Waals surface area (Å²) in [6, 6.07) is 12.6. The molecule has 0 amide bonds. The summed E-state index contributed by atoms with van der Waals surface area (Å²) >= 11 is 5.94. The summed E-state index contributed by atoms with van der Waals surface area (Å²) in [5.41, 5.74) is 1.64. The van der Waals surface area contributed by atoms with Crippen molar-refractivity contribution < 1.29 is 9.84 Å². The third-order valence-electron chi connectivity index (χ3n) is 2.37. The maximum atomic E-state index is 9.72. The Morgan fingerprint density at radius 3 is 2.56 bits per heavy atom. The van der Waals surface area contributed by atoms with Crippen LogP contribution in [0.2, 0.25) is 5.02 Å². The van der Waals surface area contributed by atoms with Crippen LogP contribution in [0.1, 0.15) is 0 Å². The second-order valence-corrected chi connectivity index (χ2v) is 3.77. The van der Waals surface area contributed by atoms with E-state index in [0.29, 0.717) is 10.8 Å². The Balaban J connectivity index is 2.53. The molecule has 2 aromatic rings. The number of methoxy groups -OCH3 is 1. The second kappa shape index (κ2) is 4.45. The number of ether oxygens (including phenoxy) is 1. The molecule has 16 heavy (non-hydrogen) atoms. The highest BCUT2D eigenvalue weighted by atomic mass is 35.5. The maximum absolute atomic E-state index is 9.72. The Morgan fingerprint density at radius 1 is 1.12 bits per heavy atom. The van der Waals surface area contributed by atoms with Crippen LogP contribution in [0.4, 0.5) is 0 Å². The highest BCUT2D eigenvalue weighted by molar-refractivity contribution is 6.32. The molecule has 3 heteroatoms. The van der Waals surface area contributed by atoms with Crippen LogP contribution in [-0.2, 0) is 0 Å². The largest absolute Gasteiger partial charge is 0.507 e. The lowest BCUT2D eigenvalue weighted by molar-refractivity contribution is 0.415. The summed E-state index contributed by atoms with van der Waals surface area (Å²) in [5, 5.41) is 10.3. The summed E-state index contributed by atoms with van der Waals surface area (Å²) in [6.07, 6.45) is 0. The maximum Gasteiger partial charge on any atom is 0.138 e. The van der Waals surface area contributed by atoms with E-state index in [4.69, 9.17) is 16.3 Å². The van der Waals surface area contributed by atoms with E-state index in [1.165, 1.54) is 0 Å². The second-order valence-electron chi connectivity index (χ2n) is 3.37. The summed E-state index contributed by atoms with van der Waals surface area (Å²) in [4.78, 5) is 0. The van der Waals surface area contributed by atoms with Gasteiger partial charge in [0.25, 0.3) is 0 Å². The molecule has 0 aliphatic rings. The molecule has 2 nitrogen and oxygen atoms in total. The van der Waals surface area contributed by atoms with Crippen molar-refractivity contribution >= 4 is 11.6 Å². The van der Waals surface area contributed by atoms with E-state index < -0.39 is 0 Å². The van der Waals surface area contributed by atoms with E-state index in [2.05, 4.69) is 0 Å². The first-order chi connectivity index (χ1) is 7.72. The first-order valence-electron chi connectivity index (χ1n) is 4.84. The number of benzene rings is 2. The molecular weight excluding hydrogens is 224 g/mol. The van der Waals surface area contributed by atoms with Crippen LogP contribution in [0.15, 0.2) is 42.5 Å². The van der Waals surface area contributed by atoms with Crippen molar-refractivity contribution in [2.45, 2.75) is 0 Å². The summed E-state index contributed by atoms with van der Waals surface area (Å²) < 4.78 is 5.13. The highest BCUT2D eigenvalue weighted by Crippen LogP contribution is 2.34. The summed E-state index contributed by atoms with van der Waals surface area (Å²) in [5.74, 6) is 0.842. The van der Waals surface area contributed by atoms with Crippen LogP contribution < -0.4 is 4.74 Å². The van der Waals surface area contributed by atoms with Gasteiger partial charge in [0.15, 0.2) is 0 Å². The van der Waals surface area contributed by atoms with Crippen molar-refractivity contribution in [1.29, 1.82) is 0 Å². The smallest absolute Gasteiger partial charge is 0.138 e. The molecule has 82 valence electrons. The minimum Gasteiger partial charge on any atom is -0.507 e. The van der Waals surface area contributed by atoms with Crippen molar-refractivity contribution in [2.75, 3.05) is 7.11 Å². The van der Waals surface area contributed by atoms with Gasteiger partial charge in [-0.05, 0) is 23.8 Å². The normalized spacial score (nSPS) is 10.1. The van der Waals surface area contributed by atoms with Gasteiger partial charge in [0.2, 0.25) is 0 Å². The van der Waals surface area contributed by atoms with E-state index in [1.807, 2.05) is 18.2 Å². The van der Waals surface area contributed by atoms with Gasteiger partial charge in [0.1, 0.15) is 11.5 Å². The van der Waals surface area contributed by atoms with Crippen LogP contribution >= 0.6 is 11.6 Å². The van der Waals surface area contributed by atoms with Gasteiger partial charge in [0, 0.05) is 5.56 Å². The lowest BCUT2D eigenvalue weighted by Gasteiger charge is -2.08. The van der Waals surface area contributed by atoms with Crippen LogP contribution in [0.3, 0.4) is 0 Å². The fourth-order valence-corrected chi connectivity index (χ4v) is 1.74. The van der Waals surface area contributed by atoms with E-state index in [9.17, 15) is 5.11 Å². The Hall–Kier alpha value is -1.67. The molecule has 0 fully saturated rings. The van der Waals surface area contributed by atoms with Gasteiger partial charge in [-0.25, -0.2) is 0 Å². The predicted octanol–water partition coefficient (Wildman–Crippen LogP) is 3.72. The number of hydrogen-bond acceptors (Lipinski definition) is 2. The molecule has 0 atom stereocenters. The molecule has 0 aliphatic heterocycles. The molecule has 0 saturated heterocycles. The number of halogens is 1. The fourth-order valence-electron chi connectivity index (χ4n) is 1.55. The Labute approximate surface area is 99.1 Å². The van der Waals surface area contributed by atoms with Gasteiger partial charge < -0.3 is 9.84 Å². The molecule has 0 unspecified atom stereocenters. The molecule has 0 bridgehead atoms. The minimum absolute atomic E-state index is 0.242. The zero-order valence-corrected chi connectivity index (χ0v) is 9.53. The third kappa shape index (κ3) is 1.97. The van der Waals surface area contributed by atoms with E-state index in [0.717, 1.165) is 11.1 Å². The van der Waals surface area contributed by atoms with Crippen LogP contribution in [0.25, 0.3) is 11.1 Å². The average Bonchev–Trinajstić information content (AvgIpc) is 2.31. The molecule has 0 heterocycles. The number of phenols is 1. The number of hydrogen-bond donors (Lipinski definition) is 1. The van der Waals surface area contributed by atoms with E-state index >= 15 is 0 Å². The SMILES string of the molecule is COc1cc(-c2ccccc2O)ccc1Cl. The van der Waals surface area contributed by atoms with Crippen LogP contribution in [0, 0.1) is 0 Å². The van der Waals surface area contributed by atoms with Gasteiger partial charge in [-0.3, -0.25) is 0 Å². The molecule has 1 N–H and O–H groups in total. The number of phenolic OH excluding ortho intramolecular Hbond substituents is 1. The van der Waals surface area contributed by atoms with Crippen molar-refractivity contribution in [3.8, 4) is 22.6 Å². The molecule has 0 aliphatic carbocycles. The fraction of sp³-hybridized carbons (Fsp3) is 0.0769. The van der Waals surface area contributed by atoms with Gasteiger partial charge >= 0.3 is 0 Å². The molecule has 2 aromatic carbocycles. The van der Waals surface area contributed by atoms with Gasteiger partial charge in [-0.1, -0.05) is 35.9 Å².